The van der Waals surface area contributed by atoms with Gasteiger partial charge in [0.2, 0.25) is 0 Å². The van der Waals surface area contributed by atoms with Crippen molar-refractivity contribution in [2.24, 2.45) is 0 Å². The second-order valence-electron chi connectivity index (χ2n) is 8.00. The fraction of sp³-hybridized carbons (Fsp3) is 0.680. The highest BCUT2D eigenvalue weighted by atomic mass is 32.1. The van der Waals surface area contributed by atoms with Gasteiger partial charge in [-0.15, -0.1) is 22.7 Å². The van der Waals surface area contributed by atoms with Crippen LogP contribution in [0.3, 0.4) is 0 Å². The quantitative estimate of drug-likeness (QED) is 0.259. The van der Waals surface area contributed by atoms with Crippen LogP contribution in [0.25, 0.3) is 9.75 Å². The molecule has 0 aliphatic rings. The number of thiophene rings is 2. The molecule has 0 nitrogen and oxygen atoms in total. The van der Waals surface area contributed by atoms with E-state index in [0.717, 1.165) is 0 Å². The lowest BCUT2D eigenvalue weighted by Crippen LogP contribution is -1.87. The molecule has 152 valence electrons. The van der Waals surface area contributed by atoms with E-state index < -0.39 is 0 Å². The summed E-state index contributed by atoms with van der Waals surface area (Å²) in [6.07, 6.45) is 19.2. The minimum Gasteiger partial charge on any atom is -0.143 e. The molecule has 2 aromatic rings. The van der Waals surface area contributed by atoms with Gasteiger partial charge in [0.15, 0.2) is 0 Å². The molecule has 0 aliphatic heterocycles. The molecular formula is C25H40S2. The Morgan fingerprint density at radius 3 is 1.89 bits per heavy atom. The number of hydrogen-bond donors (Lipinski definition) is 0. The molecular weight excluding hydrogens is 364 g/mol. The molecule has 2 aromatic heterocycles. The Kier molecular flexibility index (Phi) is 11.4. The van der Waals surface area contributed by atoms with Crippen molar-refractivity contribution in [3.63, 3.8) is 0 Å². The van der Waals surface area contributed by atoms with Gasteiger partial charge in [0, 0.05) is 14.6 Å². The van der Waals surface area contributed by atoms with E-state index in [4.69, 9.17) is 0 Å². The van der Waals surface area contributed by atoms with Crippen LogP contribution in [0.15, 0.2) is 17.5 Å². The van der Waals surface area contributed by atoms with E-state index in [-0.39, 0.29) is 0 Å². The number of aryl methyl sites for hydroxylation is 3. The highest BCUT2D eigenvalue weighted by Gasteiger charge is 2.12. The first-order chi connectivity index (χ1) is 13.3. The van der Waals surface area contributed by atoms with Gasteiger partial charge in [0.05, 0.1) is 0 Å². The lowest BCUT2D eigenvalue weighted by atomic mass is 10.0. The standard InChI is InChI=1S/C25H40S2/c1-4-6-8-10-12-14-16-22-18-19-26-25(22)24-20-23(21(3)27-24)17-15-13-11-9-7-5-2/h18-20H,4-17H2,1-3H3. The first-order valence-electron chi connectivity index (χ1n) is 11.4. The summed E-state index contributed by atoms with van der Waals surface area (Å²) >= 11 is 3.96. The zero-order valence-electron chi connectivity index (χ0n) is 17.9. The number of rotatable bonds is 15. The van der Waals surface area contributed by atoms with Gasteiger partial charge in [0.25, 0.3) is 0 Å². The second kappa shape index (κ2) is 13.6. The van der Waals surface area contributed by atoms with Crippen LogP contribution in [0.1, 0.15) is 107 Å². The average molecular weight is 405 g/mol. The fourth-order valence-electron chi connectivity index (χ4n) is 3.82. The van der Waals surface area contributed by atoms with Crippen LogP contribution >= 0.6 is 22.7 Å². The van der Waals surface area contributed by atoms with Crippen LogP contribution in [0, 0.1) is 6.92 Å². The maximum Gasteiger partial charge on any atom is 0.0474 e. The highest BCUT2D eigenvalue weighted by Crippen LogP contribution is 2.38. The summed E-state index contributed by atoms with van der Waals surface area (Å²) in [4.78, 5) is 4.60. The summed E-state index contributed by atoms with van der Waals surface area (Å²) in [7, 11) is 0. The predicted molar refractivity (Wildman–Crippen MR) is 127 cm³/mol. The second-order valence-corrected chi connectivity index (χ2v) is 10.2. The SMILES string of the molecule is CCCCCCCCc1cc(-c2sccc2CCCCCCCC)sc1C. The smallest absolute Gasteiger partial charge is 0.0474 e. The third-order valence-corrected chi connectivity index (χ3v) is 7.82. The Hall–Kier alpha value is -0.600. The van der Waals surface area contributed by atoms with Crippen molar-refractivity contribution in [1.82, 2.24) is 0 Å². The van der Waals surface area contributed by atoms with Crippen LogP contribution in [-0.2, 0) is 12.8 Å². The molecule has 0 fully saturated rings. The Labute approximate surface area is 176 Å². The van der Waals surface area contributed by atoms with E-state index in [1.165, 1.54) is 99.6 Å². The minimum absolute atomic E-state index is 1.26. The first-order valence-corrected chi connectivity index (χ1v) is 13.1. The van der Waals surface area contributed by atoms with Crippen molar-refractivity contribution < 1.29 is 0 Å². The van der Waals surface area contributed by atoms with E-state index in [0.29, 0.717) is 0 Å². The maximum absolute atomic E-state index is 2.50. The fourth-order valence-corrected chi connectivity index (χ4v) is 6.00. The summed E-state index contributed by atoms with van der Waals surface area (Å²) in [6, 6.07) is 4.87. The summed E-state index contributed by atoms with van der Waals surface area (Å²) in [5.41, 5.74) is 3.19. The highest BCUT2D eigenvalue weighted by molar-refractivity contribution is 7.21. The van der Waals surface area contributed by atoms with Crippen LogP contribution in [-0.4, -0.2) is 0 Å². The van der Waals surface area contributed by atoms with E-state index in [1.54, 1.807) is 16.0 Å². The van der Waals surface area contributed by atoms with E-state index in [9.17, 15) is 0 Å². The van der Waals surface area contributed by atoms with Crippen LogP contribution < -0.4 is 0 Å². The summed E-state index contributed by atoms with van der Waals surface area (Å²) in [5, 5.41) is 2.30. The molecule has 0 amide bonds. The molecule has 0 aromatic carbocycles. The molecule has 0 saturated carbocycles. The van der Waals surface area contributed by atoms with Gasteiger partial charge in [-0.2, -0.15) is 0 Å². The first kappa shape index (κ1) is 22.7. The van der Waals surface area contributed by atoms with Gasteiger partial charge in [-0.25, -0.2) is 0 Å². The van der Waals surface area contributed by atoms with E-state index >= 15 is 0 Å². The molecule has 2 rings (SSSR count). The van der Waals surface area contributed by atoms with Gasteiger partial charge in [-0.1, -0.05) is 78.1 Å². The van der Waals surface area contributed by atoms with Gasteiger partial charge >= 0.3 is 0 Å². The molecule has 0 saturated heterocycles. The normalized spacial score (nSPS) is 11.4. The largest absolute Gasteiger partial charge is 0.143 e. The van der Waals surface area contributed by atoms with Crippen molar-refractivity contribution in [2.45, 2.75) is 111 Å². The van der Waals surface area contributed by atoms with Crippen molar-refractivity contribution in [1.29, 1.82) is 0 Å². The van der Waals surface area contributed by atoms with Crippen molar-refractivity contribution >= 4 is 22.7 Å². The van der Waals surface area contributed by atoms with Crippen LogP contribution in [0.2, 0.25) is 0 Å². The molecule has 0 radical (unpaired) electrons. The maximum atomic E-state index is 2.50. The van der Waals surface area contributed by atoms with Crippen molar-refractivity contribution in [3.05, 3.63) is 33.5 Å². The molecule has 0 unspecified atom stereocenters. The summed E-state index contributed by atoms with van der Waals surface area (Å²) in [6.45, 7) is 6.91. The molecule has 0 atom stereocenters. The lowest BCUT2D eigenvalue weighted by molar-refractivity contribution is 0.607. The molecule has 0 aliphatic carbocycles. The van der Waals surface area contributed by atoms with Crippen LogP contribution in [0.4, 0.5) is 0 Å². The lowest BCUT2D eigenvalue weighted by Gasteiger charge is -2.03. The topological polar surface area (TPSA) is 0 Å². The Balaban J connectivity index is 1.81. The monoisotopic (exact) mass is 404 g/mol. The zero-order valence-corrected chi connectivity index (χ0v) is 19.6. The molecule has 2 heteroatoms. The molecule has 0 bridgehead atoms. The van der Waals surface area contributed by atoms with Gasteiger partial charge in [0.1, 0.15) is 0 Å². The van der Waals surface area contributed by atoms with Crippen LogP contribution in [0.5, 0.6) is 0 Å². The average Bonchev–Trinajstić information content (AvgIpc) is 3.27. The Morgan fingerprint density at radius 1 is 0.704 bits per heavy atom. The van der Waals surface area contributed by atoms with Crippen molar-refractivity contribution in [3.8, 4) is 9.75 Å². The van der Waals surface area contributed by atoms with Gasteiger partial charge in [-0.05, 0) is 61.2 Å². The predicted octanol–water partition coefficient (Wildman–Crippen LogP) is 9.59. The van der Waals surface area contributed by atoms with Crippen molar-refractivity contribution in [2.75, 3.05) is 0 Å². The third-order valence-electron chi connectivity index (χ3n) is 5.59. The Bertz CT molecular complexity index is 620. The van der Waals surface area contributed by atoms with E-state index in [1.807, 2.05) is 22.7 Å². The van der Waals surface area contributed by atoms with E-state index in [2.05, 4.69) is 38.3 Å². The number of hydrogen-bond acceptors (Lipinski definition) is 2. The summed E-state index contributed by atoms with van der Waals surface area (Å²) < 4.78 is 0. The molecule has 0 spiro atoms. The molecule has 27 heavy (non-hydrogen) atoms. The third kappa shape index (κ3) is 8.11. The van der Waals surface area contributed by atoms with Gasteiger partial charge in [-0.3, -0.25) is 0 Å². The zero-order chi connectivity index (χ0) is 19.3. The molecule has 2 heterocycles. The van der Waals surface area contributed by atoms with Gasteiger partial charge < -0.3 is 0 Å². The Morgan fingerprint density at radius 2 is 1.26 bits per heavy atom. The molecule has 0 N–H and O–H groups in total. The minimum atomic E-state index is 1.26. The number of unbranched alkanes of at least 4 members (excludes halogenated alkanes) is 10. The summed E-state index contributed by atoms with van der Waals surface area (Å²) in [5.74, 6) is 0.